The zero-order valence-electron chi connectivity index (χ0n) is 17.4. The molecule has 3 fully saturated rings. The molecule has 0 aliphatic heterocycles. The lowest BCUT2D eigenvalue weighted by Gasteiger charge is -2.47. The third-order valence-corrected chi connectivity index (χ3v) is 6.64. The zero-order chi connectivity index (χ0) is 22.2. The Balaban J connectivity index is 1.47. The van der Waals surface area contributed by atoms with Crippen molar-refractivity contribution in [2.45, 2.75) is 31.7 Å². The van der Waals surface area contributed by atoms with E-state index in [9.17, 15) is 13.6 Å². The number of carbonyl (C=O) groups excluding carboxylic acids is 1. The van der Waals surface area contributed by atoms with Gasteiger partial charge in [-0.15, -0.1) is 0 Å². The molecule has 0 saturated heterocycles. The molecule has 2 atom stereocenters. The number of rotatable bonds is 6. The number of aromatic amines is 1. The normalized spacial score (nSPS) is 24.6. The molecule has 0 unspecified atom stereocenters. The molecular formula is C22H24F2N6O2. The predicted molar refractivity (Wildman–Crippen MR) is 113 cm³/mol. The number of pyridine rings is 1. The van der Waals surface area contributed by atoms with Gasteiger partial charge >= 0.3 is 5.97 Å². The van der Waals surface area contributed by atoms with Gasteiger partial charge in [0.15, 0.2) is 17.5 Å². The van der Waals surface area contributed by atoms with Crippen LogP contribution in [-0.4, -0.2) is 45.1 Å². The van der Waals surface area contributed by atoms with Gasteiger partial charge in [0.1, 0.15) is 18.1 Å². The molecule has 6 rings (SSSR count). The number of hydrogen-bond donors (Lipinski definition) is 3. The number of ether oxygens (including phenoxy) is 1. The van der Waals surface area contributed by atoms with Crippen molar-refractivity contribution in [3.63, 3.8) is 0 Å². The lowest BCUT2D eigenvalue weighted by Crippen LogP contribution is -2.52. The first-order valence-corrected chi connectivity index (χ1v) is 10.8. The van der Waals surface area contributed by atoms with Crippen molar-refractivity contribution in [1.82, 2.24) is 19.9 Å². The third-order valence-electron chi connectivity index (χ3n) is 6.64. The Kier molecular flexibility index (Phi) is 5.46. The number of anilines is 1. The summed E-state index contributed by atoms with van der Waals surface area (Å²) in [7, 11) is 0. The fourth-order valence-corrected chi connectivity index (χ4v) is 5.17. The average molecular weight is 442 g/mol. The van der Waals surface area contributed by atoms with Crippen LogP contribution in [0.15, 0.2) is 24.7 Å². The summed E-state index contributed by atoms with van der Waals surface area (Å²) in [5, 5.41) is 3.69. The van der Waals surface area contributed by atoms with Crippen LogP contribution in [-0.2, 0) is 9.53 Å². The summed E-state index contributed by atoms with van der Waals surface area (Å²) in [5.74, 6) is -1.12. The Labute approximate surface area is 183 Å². The zero-order valence-corrected chi connectivity index (χ0v) is 17.4. The molecule has 3 heterocycles. The number of nitrogens with zero attached hydrogens (tertiary/aromatic N) is 3. The average Bonchev–Trinajstić information content (AvgIpc) is 3.22. The van der Waals surface area contributed by atoms with Crippen LogP contribution in [0.3, 0.4) is 0 Å². The van der Waals surface area contributed by atoms with Gasteiger partial charge in [-0.05, 0) is 43.6 Å². The first-order chi connectivity index (χ1) is 15.5. The van der Waals surface area contributed by atoms with E-state index >= 15 is 0 Å². The Morgan fingerprint density at radius 2 is 1.97 bits per heavy atom. The highest BCUT2D eigenvalue weighted by Gasteiger charge is 2.48. The minimum Gasteiger partial charge on any atom is -0.464 e. The lowest BCUT2D eigenvalue weighted by atomic mass is 9.61. The molecule has 4 N–H and O–H groups in total. The highest BCUT2D eigenvalue weighted by atomic mass is 19.1. The van der Waals surface area contributed by atoms with Crippen molar-refractivity contribution in [1.29, 1.82) is 0 Å². The number of H-pyrrole nitrogens is 1. The van der Waals surface area contributed by atoms with Crippen molar-refractivity contribution >= 4 is 22.8 Å². The van der Waals surface area contributed by atoms with Gasteiger partial charge in [-0.3, -0.25) is 4.79 Å². The molecule has 3 aromatic rings. The molecule has 168 valence electrons. The number of nitrogens with one attached hydrogen (secondary N) is 2. The molecule has 0 spiro atoms. The minimum atomic E-state index is -0.617. The maximum absolute atomic E-state index is 14.7. The molecular weight excluding hydrogens is 418 g/mol. The monoisotopic (exact) mass is 442 g/mol. The SMILES string of the molecule is NCCOC(=O)[C@H]1C2CCC(CC2)[C@@H]1Nc1nc(-c2c[nH]c3ncc(F)cc23)ncc1F. The van der Waals surface area contributed by atoms with Gasteiger partial charge in [0.05, 0.1) is 18.3 Å². The van der Waals surface area contributed by atoms with E-state index in [1.165, 1.54) is 6.07 Å². The van der Waals surface area contributed by atoms with Crippen LogP contribution in [0.2, 0.25) is 0 Å². The second kappa shape index (κ2) is 8.42. The second-order valence-electron chi connectivity index (χ2n) is 8.47. The Morgan fingerprint density at radius 1 is 1.19 bits per heavy atom. The maximum Gasteiger partial charge on any atom is 0.311 e. The molecule has 0 amide bonds. The molecule has 3 aliphatic carbocycles. The Bertz CT molecular complexity index is 1140. The number of halogens is 2. The molecule has 2 bridgehead atoms. The molecule has 0 aromatic carbocycles. The van der Waals surface area contributed by atoms with Crippen LogP contribution < -0.4 is 11.1 Å². The van der Waals surface area contributed by atoms with E-state index in [1.807, 2.05) is 0 Å². The van der Waals surface area contributed by atoms with Crippen LogP contribution in [0.5, 0.6) is 0 Å². The van der Waals surface area contributed by atoms with Gasteiger partial charge in [0.25, 0.3) is 0 Å². The molecule has 3 saturated carbocycles. The molecule has 3 aliphatic rings. The van der Waals surface area contributed by atoms with Crippen LogP contribution >= 0.6 is 0 Å². The van der Waals surface area contributed by atoms with E-state index in [2.05, 4.69) is 25.3 Å². The topological polar surface area (TPSA) is 119 Å². The van der Waals surface area contributed by atoms with E-state index in [-0.39, 0.29) is 54.6 Å². The van der Waals surface area contributed by atoms with Crippen LogP contribution in [0, 0.1) is 29.4 Å². The smallest absolute Gasteiger partial charge is 0.311 e. The van der Waals surface area contributed by atoms with Crippen molar-refractivity contribution in [2.24, 2.45) is 23.5 Å². The Hall–Kier alpha value is -3.14. The number of carbonyl (C=O) groups is 1. The van der Waals surface area contributed by atoms with E-state index in [0.717, 1.165) is 38.1 Å². The summed E-state index contributed by atoms with van der Waals surface area (Å²) >= 11 is 0. The van der Waals surface area contributed by atoms with E-state index in [1.54, 1.807) is 6.20 Å². The van der Waals surface area contributed by atoms with Gasteiger partial charge in [0.2, 0.25) is 0 Å². The summed E-state index contributed by atoms with van der Waals surface area (Å²) in [5.41, 5.74) is 6.48. The molecule has 0 radical (unpaired) electrons. The number of esters is 1. The van der Waals surface area contributed by atoms with E-state index < -0.39 is 11.6 Å². The van der Waals surface area contributed by atoms with Crippen molar-refractivity contribution in [3.8, 4) is 11.4 Å². The number of nitrogens with two attached hydrogens (primary N) is 1. The second-order valence-corrected chi connectivity index (χ2v) is 8.47. The van der Waals surface area contributed by atoms with Gasteiger partial charge < -0.3 is 20.8 Å². The van der Waals surface area contributed by atoms with E-state index in [4.69, 9.17) is 10.5 Å². The van der Waals surface area contributed by atoms with Crippen molar-refractivity contribution < 1.29 is 18.3 Å². The van der Waals surface area contributed by atoms with Crippen LogP contribution in [0.1, 0.15) is 25.7 Å². The van der Waals surface area contributed by atoms with Gasteiger partial charge in [-0.25, -0.2) is 23.7 Å². The highest BCUT2D eigenvalue weighted by molar-refractivity contribution is 5.91. The van der Waals surface area contributed by atoms with Crippen LogP contribution in [0.4, 0.5) is 14.6 Å². The van der Waals surface area contributed by atoms with Gasteiger partial charge in [-0.1, -0.05) is 0 Å². The quantitative estimate of drug-likeness (QED) is 0.502. The first kappa shape index (κ1) is 20.7. The largest absolute Gasteiger partial charge is 0.464 e. The van der Waals surface area contributed by atoms with Crippen molar-refractivity contribution in [3.05, 3.63) is 36.3 Å². The fourth-order valence-electron chi connectivity index (χ4n) is 5.17. The van der Waals surface area contributed by atoms with Gasteiger partial charge in [-0.2, -0.15) is 0 Å². The van der Waals surface area contributed by atoms with Crippen LogP contribution in [0.25, 0.3) is 22.4 Å². The lowest BCUT2D eigenvalue weighted by molar-refractivity contribution is -0.154. The maximum atomic E-state index is 14.7. The summed E-state index contributed by atoms with van der Waals surface area (Å²) in [6.45, 7) is 0.422. The first-order valence-electron chi connectivity index (χ1n) is 10.8. The third kappa shape index (κ3) is 3.68. The summed E-state index contributed by atoms with van der Waals surface area (Å²) in [6, 6.07) is 1.05. The van der Waals surface area contributed by atoms with Crippen molar-refractivity contribution in [2.75, 3.05) is 18.5 Å². The minimum absolute atomic E-state index is 0.0166. The Morgan fingerprint density at radius 3 is 2.75 bits per heavy atom. The molecule has 10 heteroatoms. The highest BCUT2D eigenvalue weighted by Crippen LogP contribution is 2.46. The summed E-state index contributed by atoms with van der Waals surface area (Å²) in [4.78, 5) is 28.2. The number of fused-ring (bicyclic) bond motifs is 4. The molecule has 32 heavy (non-hydrogen) atoms. The standard InChI is InChI=1S/C22H24F2N6O2/c23-13-7-14-15(9-27-19(14)26-8-13)20-28-10-16(24)21(30-20)29-18-12-3-1-11(2-4-12)17(18)22(31)32-6-5-25/h7-12,17-18H,1-6,25H2,(H,26,27)(H,28,29,30)/t11?,12?,17-,18-/m0/s1. The fraction of sp³-hybridized carbons (Fsp3) is 0.455. The number of hydrogen-bond acceptors (Lipinski definition) is 7. The predicted octanol–water partition coefficient (Wildman–Crippen LogP) is 3.02. The number of aromatic nitrogens is 4. The van der Waals surface area contributed by atoms with Gasteiger partial charge in [0, 0.05) is 29.7 Å². The van der Waals surface area contributed by atoms with E-state index in [0.29, 0.717) is 16.6 Å². The summed E-state index contributed by atoms with van der Waals surface area (Å²) in [6.07, 6.45) is 7.66. The molecule has 8 nitrogen and oxygen atoms in total. The molecule has 3 aromatic heterocycles. The summed E-state index contributed by atoms with van der Waals surface area (Å²) < 4.78 is 33.8.